The van der Waals surface area contributed by atoms with E-state index in [9.17, 15) is 8.78 Å². The molecule has 0 aliphatic rings. The van der Waals surface area contributed by atoms with Gasteiger partial charge in [-0.1, -0.05) is 137 Å². The van der Waals surface area contributed by atoms with Crippen molar-refractivity contribution < 1.29 is 13.3 Å². The highest BCUT2D eigenvalue weighted by molar-refractivity contribution is 7.30. The van der Waals surface area contributed by atoms with Gasteiger partial charge < -0.3 is 0 Å². The van der Waals surface area contributed by atoms with Crippen molar-refractivity contribution in [2.45, 2.75) is 124 Å². The molecule has 4 aromatic heterocycles. The maximum atomic E-state index is 13.4. The molecule has 0 unspecified atom stereocenters. The standard InChI is InChI=1S/C11H13FS2Si.C8H5FS2.2C8H18.FH2N/c1-15(2,3)10-5-4-9(14-10)11-8(12)6-7-13-11;9-6-3-5-11-8(6)7-2-1-4-10-7;2*1-3-5-7-8-6-4-2;1-2/h4-7H,1-3H3;1-5H;2*3-8H2,1-2H3;2H2. The van der Waals surface area contributed by atoms with Gasteiger partial charge in [-0.15, -0.1) is 49.8 Å². The lowest BCUT2D eigenvalue weighted by atomic mass is 10.1. The van der Waals surface area contributed by atoms with Crippen LogP contribution in [0, 0.1) is 11.6 Å². The number of halogens is 3. The molecule has 0 atom stereocenters. The Morgan fingerprint density at radius 3 is 1.27 bits per heavy atom. The maximum Gasteiger partial charge on any atom is 0.142 e. The van der Waals surface area contributed by atoms with Gasteiger partial charge in [-0.05, 0) is 44.9 Å². The zero-order valence-corrected chi connectivity index (χ0v) is 32.3. The molecule has 1 nitrogen and oxygen atoms in total. The second-order valence-electron chi connectivity index (χ2n) is 11.4. The molecule has 0 spiro atoms. The molecule has 0 aliphatic heterocycles. The van der Waals surface area contributed by atoms with E-state index in [0.717, 1.165) is 19.5 Å². The summed E-state index contributed by atoms with van der Waals surface area (Å²) in [5, 5.41) is 5.53. The van der Waals surface area contributed by atoms with Crippen molar-refractivity contribution in [1.82, 2.24) is 0 Å². The predicted octanol–water partition coefficient (Wildman–Crippen LogP) is 14.3. The average molecular weight is 704 g/mol. The first kappa shape index (κ1) is 42.8. The third kappa shape index (κ3) is 18.7. The van der Waals surface area contributed by atoms with E-state index >= 15 is 0 Å². The molecule has 44 heavy (non-hydrogen) atoms. The van der Waals surface area contributed by atoms with Gasteiger partial charge >= 0.3 is 0 Å². The van der Waals surface area contributed by atoms with Gasteiger partial charge in [0.1, 0.15) is 11.6 Å². The van der Waals surface area contributed by atoms with Crippen molar-refractivity contribution in [2.24, 2.45) is 5.96 Å². The molecule has 0 aromatic carbocycles. The molecule has 4 rings (SSSR count). The summed E-state index contributed by atoms with van der Waals surface area (Å²) in [6.45, 7) is 16.0. The fourth-order valence-corrected chi connectivity index (χ4v) is 9.35. The Morgan fingerprint density at radius 1 is 0.545 bits per heavy atom. The van der Waals surface area contributed by atoms with Crippen LogP contribution in [-0.2, 0) is 0 Å². The Kier molecular flexibility index (Phi) is 26.2. The maximum absolute atomic E-state index is 13.4. The molecule has 0 saturated heterocycles. The number of hydrogen-bond acceptors (Lipinski definition) is 5. The summed E-state index contributed by atoms with van der Waals surface area (Å²) in [4.78, 5) is 3.61. The molecule has 0 amide bonds. The number of unbranched alkanes of at least 4 members (excludes halogenated alkanes) is 10. The molecule has 0 bridgehead atoms. The number of nitrogens with two attached hydrogens (primary N) is 1. The molecular weight excluding hydrogens is 648 g/mol. The van der Waals surface area contributed by atoms with Crippen LogP contribution < -0.4 is 10.5 Å². The van der Waals surface area contributed by atoms with E-state index < -0.39 is 8.07 Å². The van der Waals surface area contributed by atoms with Crippen molar-refractivity contribution in [1.29, 1.82) is 0 Å². The first-order valence-electron chi connectivity index (χ1n) is 16.0. The molecule has 0 fully saturated rings. The Bertz CT molecular complexity index is 1140. The largest absolute Gasteiger partial charge is 0.205 e. The molecule has 0 saturated carbocycles. The van der Waals surface area contributed by atoms with E-state index in [0.29, 0.717) is 0 Å². The number of hydrogen-bond donors (Lipinski definition) is 1. The van der Waals surface area contributed by atoms with E-state index in [4.69, 9.17) is 4.48 Å². The monoisotopic (exact) mass is 703 g/mol. The zero-order chi connectivity index (χ0) is 33.2. The minimum Gasteiger partial charge on any atom is -0.205 e. The smallest absolute Gasteiger partial charge is 0.142 e. The Morgan fingerprint density at radius 2 is 0.977 bits per heavy atom. The SMILES string of the molecule is CCCCCCCC.CCCCCCCC.C[Si](C)(C)c1ccc(-c2sccc2F)s1.Fc1ccsc1-c1cccs1.NF. The highest BCUT2D eigenvalue weighted by Gasteiger charge is 2.20. The summed E-state index contributed by atoms with van der Waals surface area (Å²) in [6, 6.07) is 11.1. The van der Waals surface area contributed by atoms with Gasteiger partial charge in [0.15, 0.2) is 0 Å². The number of thiophene rings is 4. The lowest BCUT2D eigenvalue weighted by molar-refractivity contribution is 0.530. The summed E-state index contributed by atoms with van der Waals surface area (Å²) in [5.74, 6) is 2.79. The Labute approximate surface area is 283 Å². The van der Waals surface area contributed by atoms with E-state index in [1.54, 1.807) is 33.4 Å². The van der Waals surface area contributed by atoms with Gasteiger partial charge in [0.2, 0.25) is 0 Å². The third-order valence-electron chi connectivity index (χ3n) is 6.46. The van der Waals surface area contributed by atoms with Crippen LogP contribution in [0.25, 0.3) is 19.5 Å². The van der Waals surface area contributed by atoms with Crippen molar-refractivity contribution in [3.63, 3.8) is 0 Å². The quantitative estimate of drug-likeness (QED) is 0.0837. The summed E-state index contributed by atoms with van der Waals surface area (Å²) < 4.78 is 36.7. The fraction of sp³-hybridized carbons (Fsp3) is 0.543. The molecule has 2 N–H and O–H groups in total. The highest BCUT2D eigenvalue weighted by atomic mass is 32.1. The topological polar surface area (TPSA) is 26.0 Å². The second-order valence-corrected chi connectivity index (χ2v) is 20.7. The fourth-order valence-electron chi connectivity index (χ4n) is 3.92. The van der Waals surface area contributed by atoms with Crippen LogP contribution in [0.5, 0.6) is 0 Å². The second kappa shape index (κ2) is 26.9. The third-order valence-corrected chi connectivity index (χ3v) is 14.2. The lowest BCUT2D eigenvalue weighted by Gasteiger charge is -2.12. The van der Waals surface area contributed by atoms with Crippen molar-refractivity contribution in [3.8, 4) is 19.5 Å². The van der Waals surface area contributed by atoms with Crippen molar-refractivity contribution in [3.05, 3.63) is 64.2 Å². The van der Waals surface area contributed by atoms with E-state index in [1.165, 1.54) is 116 Å². The highest BCUT2D eigenvalue weighted by Crippen LogP contribution is 2.32. The summed E-state index contributed by atoms with van der Waals surface area (Å²) >= 11 is 6.23. The van der Waals surface area contributed by atoms with Gasteiger partial charge in [-0.3, -0.25) is 0 Å². The van der Waals surface area contributed by atoms with Gasteiger partial charge in [-0.2, -0.15) is 5.96 Å². The summed E-state index contributed by atoms with van der Waals surface area (Å²) in [5.41, 5.74) is 0. The first-order chi connectivity index (χ1) is 21.2. The van der Waals surface area contributed by atoms with Crippen LogP contribution in [0.4, 0.5) is 13.3 Å². The number of rotatable bonds is 13. The summed E-state index contributed by atoms with van der Waals surface area (Å²) in [7, 11) is -1.24. The molecule has 0 aliphatic carbocycles. The van der Waals surface area contributed by atoms with E-state index in [1.807, 2.05) is 23.6 Å². The van der Waals surface area contributed by atoms with Crippen LogP contribution in [-0.4, -0.2) is 8.07 Å². The van der Waals surface area contributed by atoms with Crippen LogP contribution in [0.15, 0.2) is 52.5 Å². The first-order valence-corrected chi connectivity index (χ1v) is 23.0. The predicted molar refractivity (Wildman–Crippen MR) is 202 cm³/mol. The minimum atomic E-state index is -1.24. The van der Waals surface area contributed by atoms with Gasteiger partial charge in [0.05, 0.1) is 17.8 Å². The minimum absolute atomic E-state index is 0.0935. The van der Waals surface area contributed by atoms with Crippen LogP contribution in [0.1, 0.15) is 105 Å². The van der Waals surface area contributed by atoms with Crippen molar-refractivity contribution in [2.75, 3.05) is 0 Å². The molecule has 9 heteroatoms. The van der Waals surface area contributed by atoms with Crippen LogP contribution in [0.2, 0.25) is 19.6 Å². The van der Waals surface area contributed by atoms with Crippen LogP contribution >= 0.6 is 45.3 Å². The van der Waals surface area contributed by atoms with E-state index in [-0.39, 0.29) is 11.6 Å². The Hall–Kier alpha value is -1.23. The normalized spacial score (nSPS) is 10.3. The van der Waals surface area contributed by atoms with Crippen LogP contribution in [0.3, 0.4) is 0 Å². The molecular formula is C35H56F3NS4Si. The molecule has 250 valence electrons. The Balaban J connectivity index is 0.000000571. The van der Waals surface area contributed by atoms with Crippen molar-refractivity contribution >= 4 is 57.9 Å². The molecule has 0 radical (unpaired) electrons. The van der Waals surface area contributed by atoms with E-state index in [2.05, 4.69) is 59.4 Å². The summed E-state index contributed by atoms with van der Waals surface area (Å²) in [6.07, 6.45) is 17.0. The van der Waals surface area contributed by atoms with Gasteiger partial charge in [-0.25, -0.2) is 8.78 Å². The lowest BCUT2D eigenvalue weighted by Crippen LogP contribution is -2.34. The molecule has 4 heterocycles. The molecule has 4 aromatic rings. The van der Waals surface area contributed by atoms with Gasteiger partial charge in [0, 0.05) is 9.75 Å². The van der Waals surface area contributed by atoms with Gasteiger partial charge in [0.25, 0.3) is 0 Å². The average Bonchev–Trinajstić information content (AvgIpc) is 3.83. The zero-order valence-electron chi connectivity index (χ0n) is 28.0.